The SMILES string of the molecule is CCCCCCCCCCCCCCCCC(O)C(O)CO.O=S(=O)(O)O. The first-order valence-corrected chi connectivity index (χ1v) is 11.8. The Morgan fingerprint density at radius 1 is 0.630 bits per heavy atom. The molecule has 0 saturated carbocycles. The Bertz CT molecular complexity index is 380. The van der Waals surface area contributed by atoms with Crippen LogP contribution >= 0.6 is 0 Å². The van der Waals surface area contributed by atoms with Crippen molar-refractivity contribution in [3.05, 3.63) is 0 Å². The van der Waals surface area contributed by atoms with E-state index in [1.165, 1.54) is 77.0 Å². The molecule has 0 saturated heterocycles. The summed E-state index contributed by atoms with van der Waals surface area (Å²) in [6.07, 6.45) is 17.3. The molecule has 0 aromatic carbocycles. The molecule has 5 N–H and O–H groups in total. The Hall–Kier alpha value is -0.250. The van der Waals surface area contributed by atoms with Gasteiger partial charge in [0.15, 0.2) is 0 Å². The molecule has 0 aliphatic carbocycles. The van der Waals surface area contributed by atoms with Gasteiger partial charge in [-0.3, -0.25) is 9.11 Å². The van der Waals surface area contributed by atoms with Gasteiger partial charge in [0.2, 0.25) is 0 Å². The third-order valence-electron chi connectivity index (χ3n) is 4.48. The Labute approximate surface area is 165 Å². The van der Waals surface area contributed by atoms with Crippen molar-refractivity contribution >= 4 is 10.4 Å². The van der Waals surface area contributed by atoms with Crippen LogP contribution < -0.4 is 0 Å². The zero-order valence-electron chi connectivity index (χ0n) is 16.9. The first-order valence-electron chi connectivity index (χ1n) is 10.4. The zero-order valence-corrected chi connectivity index (χ0v) is 17.7. The average molecular weight is 415 g/mol. The van der Waals surface area contributed by atoms with E-state index < -0.39 is 22.6 Å². The first-order chi connectivity index (χ1) is 12.7. The van der Waals surface area contributed by atoms with Gasteiger partial charge in [-0.05, 0) is 6.42 Å². The van der Waals surface area contributed by atoms with E-state index in [0.29, 0.717) is 6.42 Å². The summed E-state index contributed by atoms with van der Waals surface area (Å²) < 4.78 is 31.6. The highest BCUT2D eigenvalue weighted by molar-refractivity contribution is 7.79. The minimum Gasteiger partial charge on any atom is -0.394 e. The lowest BCUT2D eigenvalue weighted by Gasteiger charge is -2.14. The number of aliphatic hydroxyl groups excluding tert-OH is 3. The van der Waals surface area contributed by atoms with Crippen LogP contribution in [0.4, 0.5) is 0 Å². The molecule has 0 amide bonds. The average Bonchev–Trinajstić information content (AvgIpc) is 2.59. The molecule has 0 aliphatic heterocycles. The topological polar surface area (TPSA) is 135 Å². The van der Waals surface area contributed by atoms with Gasteiger partial charge in [-0.2, -0.15) is 8.42 Å². The smallest absolute Gasteiger partial charge is 0.394 e. The first kappa shape index (κ1) is 29.0. The van der Waals surface area contributed by atoms with E-state index in [2.05, 4.69) is 6.92 Å². The van der Waals surface area contributed by atoms with Crippen LogP contribution in [0.25, 0.3) is 0 Å². The summed E-state index contributed by atoms with van der Waals surface area (Å²) in [5.41, 5.74) is 0. The lowest BCUT2D eigenvalue weighted by Crippen LogP contribution is -2.28. The predicted molar refractivity (Wildman–Crippen MR) is 108 cm³/mol. The molecule has 8 heteroatoms. The lowest BCUT2D eigenvalue weighted by molar-refractivity contribution is -0.0185. The molecule has 7 nitrogen and oxygen atoms in total. The summed E-state index contributed by atoms with van der Waals surface area (Å²) in [6.45, 7) is 1.92. The molecule has 2 unspecified atom stereocenters. The van der Waals surface area contributed by atoms with Gasteiger partial charge in [-0.25, -0.2) is 0 Å². The molecular formula is C19H42O7S. The Morgan fingerprint density at radius 3 is 1.22 bits per heavy atom. The van der Waals surface area contributed by atoms with Crippen LogP contribution in [0.1, 0.15) is 103 Å². The molecule has 0 bridgehead atoms. The van der Waals surface area contributed by atoms with Crippen LogP contribution in [0.5, 0.6) is 0 Å². The van der Waals surface area contributed by atoms with Crippen LogP contribution in [0.15, 0.2) is 0 Å². The van der Waals surface area contributed by atoms with E-state index in [1.54, 1.807) is 0 Å². The lowest BCUT2D eigenvalue weighted by atomic mass is 10.0. The van der Waals surface area contributed by atoms with Gasteiger partial charge in [0.25, 0.3) is 0 Å². The minimum absolute atomic E-state index is 0.347. The van der Waals surface area contributed by atoms with Crippen molar-refractivity contribution in [3.63, 3.8) is 0 Å². The van der Waals surface area contributed by atoms with Gasteiger partial charge >= 0.3 is 10.4 Å². The third kappa shape index (κ3) is 30.7. The second-order valence-corrected chi connectivity index (χ2v) is 8.05. The molecule has 27 heavy (non-hydrogen) atoms. The molecule has 166 valence electrons. The predicted octanol–water partition coefficient (Wildman–Crippen LogP) is 3.92. The molecule has 0 heterocycles. The number of rotatable bonds is 17. The fourth-order valence-corrected chi connectivity index (χ4v) is 2.86. The highest BCUT2D eigenvalue weighted by Gasteiger charge is 2.13. The van der Waals surface area contributed by atoms with Crippen molar-refractivity contribution in [2.75, 3.05) is 6.61 Å². The largest absolute Gasteiger partial charge is 0.394 e. The van der Waals surface area contributed by atoms with Crippen molar-refractivity contribution in [2.24, 2.45) is 0 Å². The maximum atomic E-state index is 9.50. The summed E-state index contributed by atoms with van der Waals surface area (Å²) in [5.74, 6) is 0. The van der Waals surface area contributed by atoms with Crippen LogP contribution in [-0.4, -0.2) is 51.7 Å². The van der Waals surface area contributed by atoms with E-state index in [0.717, 1.165) is 12.8 Å². The molecule has 0 rings (SSSR count). The molecule has 0 radical (unpaired) electrons. The molecule has 0 aromatic heterocycles. The van der Waals surface area contributed by atoms with Crippen molar-refractivity contribution < 1.29 is 32.8 Å². The summed E-state index contributed by atoms with van der Waals surface area (Å²) in [6, 6.07) is 0. The van der Waals surface area contributed by atoms with Gasteiger partial charge in [-0.15, -0.1) is 0 Å². The van der Waals surface area contributed by atoms with Gasteiger partial charge in [0.1, 0.15) is 6.10 Å². The molecule has 0 fully saturated rings. The van der Waals surface area contributed by atoms with Crippen molar-refractivity contribution in [3.8, 4) is 0 Å². The normalized spacial score (nSPS) is 13.7. The van der Waals surface area contributed by atoms with Crippen LogP contribution in [0.3, 0.4) is 0 Å². The standard InChI is InChI=1S/C19H40O3.H2O4S/c1-2-3-4-5-6-7-8-9-10-11-12-13-14-15-16-18(21)19(22)17-20;1-5(2,3)4/h18-22H,2-17H2,1H3;(H2,1,2,3,4). The maximum Gasteiger partial charge on any atom is 0.394 e. The third-order valence-corrected chi connectivity index (χ3v) is 4.48. The molecular weight excluding hydrogens is 372 g/mol. The van der Waals surface area contributed by atoms with E-state index in [9.17, 15) is 10.2 Å². The van der Waals surface area contributed by atoms with Gasteiger partial charge < -0.3 is 15.3 Å². The van der Waals surface area contributed by atoms with Crippen LogP contribution in [0.2, 0.25) is 0 Å². The van der Waals surface area contributed by atoms with Gasteiger partial charge in [0, 0.05) is 0 Å². The van der Waals surface area contributed by atoms with Crippen molar-refractivity contribution in [1.82, 2.24) is 0 Å². The van der Waals surface area contributed by atoms with E-state index in [4.69, 9.17) is 22.6 Å². The Morgan fingerprint density at radius 2 is 0.926 bits per heavy atom. The Kier molecular flexibility index (Phi) is 22.0. The van der Waals surface area contributed by atoms with Crippen LogP contribution in [0, 0.1) is 0 Å². The maximum absolute atomic E-state index is 9.50. The summed E-state index contributed by atoms with van der Waals surface area (Å²) in [7, 11) is -4.67. The number of hydrogen-bond donors (Lipinski definition) is 5. The molecule has 2 atom stereocenters. The highest BCUT2D eigenvalue weighted by atomic mass is 32.3. The van der Waals surface area contributed by atoms with Gasteiger partial charge in [0.05, 0.1) is 12.7 Å². The zero-order chi connectivity index (χ0) is 21.0. The molecule has 0 aromatic rings. The highest BCUT2D eigenvalue weighted by Crippen LogP contribution is 2.14. The molecule has 0 spiro atoms. The minimum atomic E-state index is -4.67. The van der Waals surface area contributed by atoms with E-state index in [1.807, 2.05) is 0 Å². The fourth-order valence-electron chi connectivity index (χ4n) is 2.86. The second kappa shape index (κ2) is 20.5. The number of unbranched alkanes of at least 4 members (excludes halogenated alkanes) is 13. The summed E-state index contributed by atoms with van der Waals surface area (Å²) in [4.78, 5) is 0. The van der Waals surface area contributed by atoms with Crippen molar-refractivity contribution in [2.45, 2.75) is 115 Å². The molecule has 0 aliphatic rings. The quantitative estimate of drug-likeness (QED) is 0.180. The van der Waals surface area contributed by atoms with E-state index >= 15 is 0 Å². The van der Waals surface area contributed by atoms with Gasteiger partial charge in [-0.1, -0.05) is 96.8 Å². The monoisotopic (exact) mass is 414 g/mol. The van der Waals surface area contributed by atoms with Crippen LogP contribution in [-0.2, 0) is 10.4 Å². The fraction of sp³-hybridized carbons (Fsp3) is 1.00. The Balaban J connectivity index is 0. The van der Waals surface area contributed by atoms with E-state index in [-0.39, 0.29) is 6.61 Å². The second-order valence-electron chi connectivity index (χ2n) is 7.15. The number of hydrogen-bond acceptors (Lipinski definition) is 5. The van der Waals surface area contributed by atoms with Crippen molar-refractivity contribution in [1.29, 1.82) is 0 Å². The summed E-state index contributed by atoms with van der Waals surface area (Å²) in [5, 5.41) is 27.4. The number of aliphatic hydroxyl groups is 3. The summed E-state index contributed by atoms with van der Waals surface area (Å²) >= 11 is 0.